The van der Waals surface area contributed by atoms with E-state index in [1.54, 1.807) is 0 Å². The Balaban J connectivity index is 1.44. The predicted octanol–water partition coefficient (Wildman–Crippen LogP) is 3.55. The molecule has 8 nitrogen and oxygen atoms in total. The molecule has 4 heterocycles. The molecule has 2 N–H and O–H groups in total. The molecule has 2 saturated heterocycles. The number of amides is 2. The summed E-state index contributed by atoms with van der Waals surface area (Å²) in [4.78, 5) is 31.0. The molecule has 2 aliphatic rings. The molecule has 37 heavy (non-hydrogen) atoms. The number of nitrogen functional groups attached to an aromatic ring is 1. The lowest BCUT2D eigenvalue weighted by atomic mass is 9.93. The zero-order valence-electron chi connectivity index (χ0n) is 19.1. The van der Waals surface area contributed by atoms with Crippen LogP contribution in [0, 0.1) is 11.6 Å². The first-order valence-corrected chi connectivity index (χ1v) is 11.3. The van der Waals surface area contributed by atoms with Gasteiger partial charge in [-0.05, 0) is 25.0 Å². The van der Waals surface area contributed by atoms with Crippen LogP contribution in [0.2, 0.25) is 0 Å². The summed E-state index contributed by atoms with van der Waals surface area (Å²) in [5.74, 6) is -4.48. The van der Waals surface area contributed by atoms with E-state index in [9.17, 15) is 31.5 Å². The molecule has 0 bridgehead atoms. The van der Waals surface area contributed by atoms with Gasteiger partial charge in [0.25, 0.3) is 18.1 Å². The summed E-state index contributed by atoms with van der Waals surface area (Å²) in [7, 11) is 0. The third-order valence-corrected chi connectivity index (χ3v) is 6.67. The predicted molar refractivity (Wildman–Crippen MR) is 118 cm³/mol. The van der Waals surface area contributed by atoms with Gasteiger partial charge in [0, 0.05) is 49.4 Å². The number of carbonyl (C=O) groups is 2. The summed E-state index contributed by atoms with van der Waals surface area (Å²) in [5, 5.41) is 3.74. The van der Waals surface area contributed by atoms with Crippen LogP contribution in [0.5, 0.6) is 0 Å². The van der Waals surface area contributed by atoms with Gasteiger partial charge in [-0.2, -0.15) is 18.3 Å². The number of anilines is 1. The van der Waals surface area contributed by atoms with Crippen LogP contribution in [0.25, 0.3) is 10.9 Å². The SMILES string of the molecule is Nc1cc(C(=O)N2CC(c3nn(C(F)C(=O)N4CCC[C@H]4C(F)(F)F)c4cc(F)cc(F)c34)C2)ccn1. The molecule has 2 atom stereocenters. The number of alkyl halides is 4. The average Bonchev–Trinajstić information content (AvgIpc) is 3.43. The van der Waals surface area contributed by atoms with Crippen molar-refractivity contribution in [3.05, 3.63) is 53.4 Å². The van der Waals surface area contributed by atoms with E-state index in [2.05, 4.69) is 10.1 Å². The molecule has 196 valence electrons. The van der Waals surface area contributed by atoms with Gasteiger partial charge in [0.2, 0.25) is 0 Å². The third-order valence-electron chi connectivity index (χ3n) is 6.67. The number of aromatic nitrogens is 3. The molecule has 3 aromatic rings. The zero-order valence-corrected chi connectivity index (χ0v) is 19.1. The second kappa shape index (κ2) is 8.92. The second-order valence-corrected chi connectivity index (χ2v) is 9.06. The number of likely N-dealkylation sites (tertiary alicyclic amines) is 2. The largest absolute Gasteiger partial charge is 0.408 e. The Bertz CT molecular complexity index is 1390. The molecule has 0 saturated carbocycles. The van der Waals surface area contributed by atoms with E-state index >= 15 is 4.39 Å². The number of nitrogens with zero attached hydrogens (tertiary/aromatic N) is 5. The van der Waals surface area contributed by atoms with Crippen molar-refractivity contribution in [1.29, 1.82) is 0 Å². The van der Waals surface area contributed by atoms with Crippen LogP contribution in [0.1, 0.15) is 41.1 Å². The number of fused-ring (bicyclic) bond motifs is 1. The lowest BCUT2D eigenvalue weighted by Crippen LogP contribution is -2.48. The molecule has 2 aromatic heterocycles. The number of halogens is 6. The van der Waals surface area contributed by atoms with E-state index in [0.717, 1.165) is 6.07 Å². The lowest BCUT2D eigenvalue weighted by molar-refractivity contribution is -0.186. The molecule has 2 aliphatic heterocycles. The summed E-state index contributed by atoms with van der Waals surface area (Å²) in [6.07, 6.45) is -6.46. The minimum absolute atomic E-state index is 0.0324. The molecular formula is C23H20F6N6O2. The number of benzene rings is 1. The van der Waals surface area contributed by atoms with Gasteiger partial charge in [0.15, 0.2) is 0 Å². The Morgan fingerprint density at radius 3 is 2.54 bits per heavy atom. The number of nitrogens with two attached hydrogens (primary N) is 1. The van der Waals surface area contributed by atoms with Crippen LogP contribution in [-0.4, -0.2) is 68.2 Å². The first kappa shape index (κ1) is 24.8. The fourth-order valence-electron chi connectivity index (χ4n) is 4.87. The Hall–Kier alpha value is -3.84. The maximum absolute atomic E-state index is 15.4. The summed E-state index contributed by atoms with van der Waals surface area (Å²) in [6, 6.07) is 2.02. The van der Waals surface area contributed by atoms with Gasteiger partial charge in [-0.1, -0.05) is 0 Å². The van der Waals surface area contributed by atoms with Crippen LogP contribution < -0.4 is 5.73 Å². The van der Waals surface area contributed by atoms with Crippen molar-refractivity contribution in [1.82, 2.24) is 24.6 Å². The maximum Gasteiger partial charge on any atom is 0.408 e. The topological polar surface area (TPSA) is 97.3 Å². The lowest BCUT2D eigenvalue weighted by Gasteiger charge is -2.38. The molecule has 5 rings (SSSR count). The number of carbonyl (C=O) groups excluding carboxylic acids is 2. The second-order valence-electron chi connectivity index (χ2n) is 9.06. The fraction of sp³-hybridized carbons (Fsp3) is 0.391. The molecule has 1 aromatic carbocycles. The van der Waals surface area contributed by atoms with Crippen molar-refractivity contribution in [3.63, 3.8) is 0 Å². The summed E-state index contributed by atoms with van der Waals surface area (Å²) in [5.41, 5.74) is 5.43. The Morgan fingerprint density at radius 2 is 1.86 bits per heavy atom. The van der Waals surface area contributed by atoms with Crippen molar-refractivity contribution >= 4 is 28.5 Å². The third kappa shape index (κ3) is 4.33. The van der Waals surface area contributed by atoms with Crippen molar-refractivity contribution < 1.29 is 35.9 Å². The smallest absolute Gasteiger partial charge is 0.384 e. The van der Waals surface area contributed by atoms with E-state index in [1.807, 2.05) is 0 Å². The maximum atomic E-state index is 15.4. The van der Waals surface area contributed by atoms with E-state index in [-0.39, 0.29) is 60.8 Å². The van der Waals surface area contributed by atoms with Crippen LogP contribution in [0.4, 0.5) is 32.2 Å². The molecule has 0 radical (unpaired) electrons. The van der Waals surface area contributed by atoms with Gasteiger partial charge in [-0.3, -0.25) is 9.59 Å². The highest BCUT2D eigenvalue weighted by Crippen LogP contribution is 2.38. The average molecular weight is 526 g/mol. The standard InChI is InChI=1S/C23H20F6N6O2/c24-13-7-14(25)18-15(8-13)35(20(26)22(37)34-5-1-2-16(34)23(27,28)29)32-19(18)12-9-33(10-12)21(36)11-3-4-31-17(30)6-11/h3-4,6-8,12,16,20H,1-2,5,9-10H2,(H2,30,31)/t16-,20?/m0/s1. The number of pyridine rings is 1. The quantitative estimate of drug-likeness (QED) is 0.525. The molecule has 2 amide bonds. The van der Waals surface area contributed by atoms with Gasteiger partial charge in [-0.25, -0.2) is 22.8 Å². The van der Waals surface area contributed by atoms with Crippen molar-refractivity contribution in [3.8, 4) is 0 Å². The van der Waals surface area contributed by atoms with Crippen LogP contribution >= 0.6 is 0 Å². The van der Waals surface area contributed by atoms with E-state index in [4.69, 9.17) is 5.73 Å². The highest BCUT2D eigenvalue weighted by atomic mass is 19.4. The van der Waals surface area contributed by atoms with Crippen molar-refractivity contribution in [2.24, 2.45) is 0 Å². The highest BCUT2D eigenvalue weighted by Gasteiger charge is 2.49. The molecule has 0 spiro atoms. The van der Waals surface area contributed by atoms with Crippen LogP contribution in [0.15, 0.2) is 30.5 Å². The van der Waals surface area contributed by atoms with Crippen LogP contribution in [-0.2, 0) is 4.79 Å². The normalized spacial score (nSPS) is 19.4. The number of hydrogen-bond acceptors (Lipinski definition) is 5. The monoisotopic (exact) mass is 526 g/mol. The summed E-state index contributed by atoms with van der Waals surface area (Å²) >= 11 is 0. The Labute approximate surface area is 205 Å². The van der Waals surface area contributed by atoms with Crippen LogP contribution in [0.3, 0.4) is 0 Å². The minimum atomic E-state index is -4.75. The van der Waals surface area contributed by atoms with Crippen molar-refractivity contribution in [2.75, 3.05) is 25.4 Å². The van der Waals surface area contributed by atoms with Gasteiger partial charge < -0.3 is 15.5 Å². The van der Waals surface area contributed by atoms with Gasteiger partial charge >= 0.3 is 6.18 Å². The molecule has 2 fully saturated rings. The molecule has 0 aliphatic carbocycles. The zero-order chi connectivity index (χ0) is 26.6. The number of rotatable bonds is 4. The Kier molecular flexibility index (Phi) is 5.99. The molecule has 14 heteroatoms. The van der Waals surface area contributed by atoms with E-state index in [1.165, 1.54) is 23.2 Å². The number of hydrogen-bond donors (Lipinski definition) is 1. The van der Waals surface area contributed by atoms with Gasteiger partial charge in [-0.15, -0.1) is 0 Å². The first-order chi connectivity index (χ1) is 17.5. The first-order valence-electron chi connectivity index (χ1n) is 11.3. The van der Waals surface area contributed by atoms with Crippen molar-refractivity contribution in [2.45, 2.75) is 37.3 Å². The van der Waals surface area contributed by atoms with E-state index < -0.39 is 47.5 Å². The summed E-state index contributed by atoms with van der Waals surface area (Å²) < 4.78 is 84.7. The highest BCUT2D eigenvalue weighted by molar-refractivity contribution is 5.95. The summed E-state index contributed by atoms with van der Waals surface area (Å²) in [6.45, 7) is -0.203. The molecular weight excluding hydrogens is 506 g/mol. The fourth-order valence-corrected chi connectivity index (χ4v) is 4.87. The van der Waals surface area contributed by atoms with Gasteiger partial charge in [0.1, 0.15) is 23.5 Å². The van der Waals surface area contributed by atoms with Gasteiger partial charge in [0.05, 0.1) is 16.6 Å². The minimum Gasteiger partial charge on any atom is -0.384 e. The van der Waals surface area contributed by atoms with E-state index in [0.29, 0.717) is 15.6 Å². The Morgan fingerprint density at radius 1 is 1.14 bits per heavy atom. The molecule has 1 unspecified atom stereocenters.